The number of rotatable bonds is 3. The second-order valence-electron chi connectivity index (χ2n) is 1.74. The molecule has 0 atom stereocenters. The van der Waals surface area contributed by atoms with E-state index in [1.807, 2.05) is 0 Å². The summed E-state index contributed by atoms with van der Waals surface area (Å²) >= 11 is 9.74. The zero-order valence-corrected chi connectivity index (χ0v) is 8.45. The van der Waals surface area contributed by atoms with Crippen LogP contribution in [0.4, 0.5) is 0 Å². The van der Waals surface area contributed by atoms with E-state index in [-0.39, 0.29) is 0 Å². The molecule has 0 unspecified atom stereocenters. The summed E-state index contributed by atoms with van der Waals surface area (Å²) in [4.78, 5) is 0. The van der Waals surface area contributed by atoms with Gasteiger partial charge in [-0.05, 0) is 0 Å². The van der Waals surface area contributed by atoms with Crippen LogP contribution < -0.4 is 0 Å². The fourth-order valence-electron chi connectivity index (χ4n) is 0.271. The van der Waals surface area contributed by atoms with Crippen molar-refractivity contribution in [3.63, 3.8) is 0 Å². The van der Waals surface area contributed by atoms with Gasteiger partial charge < -0.3 is 0 Å². The normalized spacial score (nSPS) is 14.7. The molecule has 0 heterocycles. The largest absolute Gasteiger partial charge is 0.308 e. The Labute approximate surface area is 79.0 Å². The van der Waals surface area contributed by atoms with E-state index in [0.717, 1.165) is 0 Å². The fourth-order valence-corrected chi connectivity index (χ4v) is 2.44. The van der Waals surface area contributed by atoms with Crippen LogP contribution in [-0.2, 0) is 20.2 Å². The van der Waals surface area contributed by atoms with Gasteiger partial charge in [-0.2, -0.15) is 16.8 Å². The molecule has 0 aliphatic carbocycles. The van der Waals surface area contributed by atoms with Gasteiger partial charge in [-0.15, -0.1) is 11.6 Å². The maximum absolute atomic E-state index is 10.3. The number of alkyl halides is 2. The first-order valence-electron chi connectivity index (χ1n) is 2.25. The smallest absolute Gasteiger partial charge is 0.283 e. The molecule has 0 aliphatic rings. The predicted octanol–water partition coefficient (Wildman–Crippen LogP) is -0.107. The Morgan fingerprint density at radius 1 is 1.08 bits per heavy atom. The highest BCUT2D eigenvalue weighted by molar-refractivity contribution is 8.07. The van der Waals surface area contributed by atoms with Crippen LogP contribution >= 0.6 is 23.2 Å². The summed E-state index contributed by atoms with van der Waals surface area (Å²) in [5, 5.41) is 0. The Kier molecular flexibility index (Phi) is 3.39. The van der Waals surface area contributed by atoms with Crippen molar-refractivity contribution in [3.8, 4) is 0 Å². The van der Waals surface area contributed by atoms with E-state index in [1.165, 1.54) is 0 Å². The van der Waals surface area contributed by atoms with Gasteiger partial charge in [0.2, 0.25) is 0 Å². The first kappa shape index (κ1) is 12.4. The van der Waals surface area contributed by atoms with Crippen LogP contribution in [0.3, 0.4) is 0 Å². The van der Waals surface area contributed by atoms with E-state index in [0.29, 0.717) is 0 Å². The minimum Gasteiger partial charge on any atom is -0.283 e. The number of hydrogen-bond donors (Lipinski definition) is 2. The first-order chi connectivity index (χ1) is 5.06. The molecule has 74 valence electrons. The quantitative estimate of drug-likeness (QED) is 0.540. The number of hydrogen-bond acceptors (Lipinski definition) is 4. The molecule has 0 radical (unpaired) electrons. The van der Waals surface area contributed by atoms with Crippen LogP contribution in [0.2, 0.25) is 0 Å². The standard InChI is InChI=1S/C2H4Cl2O6S2/c3-1-2(4,11(5,6)7)12(8,9)10/h1H2,(H,5,6,7)(H,8,9,10). The molecule has 0 amide bonds. The molecular weight excluding hydrogens is 255 g/mol. The lowest BCUT2D eigenvalue weighted by molar-refractivity contribution is 0.452. The summed E-state index contributed by atoms with van der Waals surface area (Å²) in [6.45, 7) is 0. The average molecular weight is 259 g/mol. The highest BCUT2D eigenvalue weighted by Crippen LogP contribution is 2.29. The topological polar surface area (TPSA) is 109 Å². The van der Waals surface area contributed by atoms with Crippen LogP contribution in [0.5, 0.6) is 0 Å². The number of halogens is 2. The Morgan fingerprint density at radius 2 is 1.33 bits per heavy atom. The third kappa shape index (κ3) is 2.01. The lowest BCUT2D eigenvalue weighted by Gasteiger charge is -2.16. The lowest BCUT2D eigenvalue weighted by Crippen LogP contribution is -2.42. The van der Waals surface area contributed by atoms with Crippen molar-refractivity contribution < 1.29 is 25.9 Å². The zero-order valence-electron chi connectivity index (χ0n) is 5.31. The molecule has 2 N–H and O–H groups in total. The highest BCUT2D eigenvalue weighted by atomic mass is 35.5. The maximum atomic E-state index is 10.3. The second kappa shape index (κ2) is 3.28. The molecule has 0 aromatic rings. The summed E-state index contributed by atoms with van der Waals surface area (Å²) in [7, 11) is -10.4. The van der Waals surface area contributed by atoms with Crippen molar-refractivity contribution in [2.75, 3.05) is 5.88 Å². The lowest BCUT2D eigenvalue weighted by atomic mass is 10.9. The Balaban J connectivity index is 5.58. The minimum absolute atomic E-state index is 1.19. The first-order valence-corrected chi connectivity index (χ1v) is 6.04. The van der Waals surface area contributed by atoms with Crippen molar-refractivity contribution >= 4 is 43.4 Å². The molecule has 0 bridgehead atoms. The van der Waals surface area contributed by atoms with E-state index in [2.05, 4.69) is 0 Å². The molecule has 0 saturated heterocycles. The van der Waals surface area contributed by atoms with Crippen molar-refractivity contribution in [2.45, 2.75) is 3.54 Å². The van der Waals surface area contributed by atoms with Crippen molar-refractivity contribution in [1.82, 2.24) is 0 Å². The van der Waals surface area contributed by atoms with Crippen molar-refractivity contribution in [2.24, 2.45) is 0 Å². The molecule has 0 saturated carbocycles. The monoisotopic (exact) mass is 258 g/mol. The minimum atomic E-state index is -5.18. The van der Waals surface area contributed by atoms with E-state index >= 15 is 0 Å². The third-order valence-corrected chi connectivity index (χ3v) is 6.18. The summed E-state index contributed by atoms with van der Waals surface area (Å²) in [6, 6.07) is 0. The van der Waals surface area contributed by atoms with Crippen LogP contribution in [0.1, 0.15) is 0 Å². The van der Waals surface area contributed by atoms with Gasteiger partial charge in [-0.3, -0.25) is 9.11 Å². The summed E-state index contributed by atoms with van der Waals surface area (Å²) in [5.74, 6) is -1.19. The van der Waals surface area contributed by atoms with Gasteiger partial charge in [0.1, 0.15) is 0 Å². The molecule has 0 spiro atoms. The second-order valence-corrected chi connectivity index (χ2v) is 6.66. The van der Waals surface area contributed by atoms with Gasteiger partial charge in [0.25, 0.3) is 0 Å². The van der Waals surface area contributed by atoms with Gasteiger partial charge >= 0.3 is 23.8 Å². The maximum Gasteiger partial charge on any atom is 0.308 e. The highest BCUT2D eigenvalue weighted by Gasteiger charge is 2.52. The van der Waals surface area contributed by atoms with E-state index < -0.39 is 29.7 Å². The summed E-state index contributed by atoms with van der Waals surface area (Å²) in [6.07, 6.45) is 0. The molecule has 0 aromatic carbocycles. The fraction of sp³-hybridized carbons (Fsp3) is 1.00. The molecule has 10 heteroatoms. The van der Waals surface area contributed by atoms with Gasteiger partial charge in [-0.25, -0.2) is 0 Å². The molecule has 0 aromatic heterocycles. The molecule has 12 heavy (non-hydrogen) atoms. The molecule has 0 rings (SSSR count). The average Bonchev–Trinajstić information content (AvgIpc) is 1.81. The molecular formula is C2H4Cl2O6S2. The predicted molar refractivity (Wildman–Crippen MR) is 42.4 cm³/mol. The molecule has 0 aliphatic heterocycles. The van der Waals surface area contributed by atoms with Crippen LogP contribution in [-0.4, -0.2) is 35.4 Å². The van der Waals surface area contributed by atoms with Gasteiger partial charge in [-0.1, -0.05) is 11.6 Å². The molecule has 0 fully saturated rings. The Hall–Kier alpha value is 0.400. The zero-order chi connectivity index (χ0) is 10.2. The van der Waals surface area contributed by atoms with Gasteiger partial charge in [0.05, 0.1) is 5.88 Å². The van der Waals surface area contributed by atoms with Crippen LogP contribution in [0, 0.1) is 0 Å². The van der Waals surface area contributed by atoms with E-state index in [9.17, 15) is 16.8 Å². The molecule has 6 nitrogen and oxygen atoms in total. The van der Waals surface area contributed by atoms with E-state index in [4.69, 9.17) is 32.3 Å². The van der Waals surface area contributed by atoms with Crippen LogP contribution in [0.15, 0.2) is 0 Å². The van der Waals surface area contributed by atoms with Crippen molar-refractivity contribution in [3.05, 3.63) is 0 Å². The van der Waals surface area contributed by atoms with Gasteiger partial charge in [0.15, 0.2) is 0 Å². The van der Waals surface area contributed by atoms with Crippen LogP contribution in [0.25, 0.3) is 0 Å². The summed E-state index contributed by atoms with van der Waals surface area (Å²) < 4.78 is 54.6. The van der Waals surface area contributed by atoms with Crippen molar-refractivity contribution in [1.29, 1.82) is 0 Å². The Morgan fingerprint density at radius 3 is 1.33 bits per heavy atom. The van der Waals surface area contributed by atoms with E-state index in [1.54, 1.807) is 0 Å². The van der Waals surface area contributed by atoms with Gasteiger partial charge in [0, 0.05) is 0 Å². The summed E-state index contributed by atoms with van der Waals surface area (Å²) in [5.41, 5.74) is 0. The third-order valence-electron chi connectivity index (χ3n) is 0.930. The SMILES string of the molecule is O=S(=O)(O)C(Cl)(CCl)S(=O)(=O)O. The Bertz CT molecular complexity index is 321.